The number of allylic oxidation sites excluding steroid dienone is 1. The highest BCUT2D eigenvalue weighted by atomic mass is 35.5. The van der Waals surface area contributed by atoms with Crippen molar-refractivity contribution in [1.82, 2.24) is 4.90 Å². The van der Waals surface area contributed by atoms with E-state index in [-0.39, 0.29) is 11.5 Å². The van der Waals surface area contributed by atoms with Gasteiger partial charge in [-0.25, -0.2) is 0 Å². The van der Waals surface area contributed by atoms with Crippen LogP contribution in [0.2, 0.25) is 5.02 Å². The summed E-state index contributed by atoms with van der Waals surface area (Å²) in [5.74, 6) is -0.101. The van der Waals surface area contributed by atoms with Gasteiger partial charge in [0.15, 0.2) is 5.17 Å². The van der Waals surface area contributed by atoms with Crippen LogP contribution in [0.3, 0.4) is 0 Å². The Labute approximate surface area is 197 Å². The van der Waals surface area contributed by atoms with Gasteiger partial charge in [-0.1, -0.05) is 41.9 Å². The number of thioether (sulfide) groups is 1. The molecule has 2 aromatic carbocycles. The molecular formula is C26H25ClN2O2S. The van der Waals surface area contributed by atoms with Crippen LogP contribution in [-0.4, -0.2) is 29.1 Å². The Hall–Kier alpha value is -2.08. The molecule has 0 N–H and O–H groups in total. The third-order valence-electron chi connectivity index (χ3n) is 7.23. The Morgan fingerprint density at radius 3 is 2.72 bits per heavy atom. The van der Waals surface area contributed by atoms with Crippen molar-refractivity contribution in [2.45, 2.75) is 50.7 Å². The van der Waals surface area contributed by atoms with Crippen LogP contribution in [0.5, 0.6) is 0 Å². The molecule has 0 bridgehead atoms. The molecule has 4 nitrogen and oxygen atoms in total. The first kappa shape index (κ1) is 20.5. The summed E-state index contributed by atoms with van der Waals surface area (Å²) in [5.41, 5.74) is 6.01. The number of hydrogen-bond donors (Lipinski definition) is 0. The second-order valence-electron chi connectivity index (χ2n) is 9.05. The maximum absolute atomic E-state index is 13.0. The van der Waals surface area contributed by atoms with E-state index < -0.39 is 0 Å². The number of rotatable bonds is 0. The minimum Gasteiger partial charge on any atom is -0.365 e. The molecule has 3 aliphatic heterocycles. The molecule has 1 saturated heterocycles. The fraction of sp³-hybridized carbons (Fsp3) is 0.385. The van der Waals surface area contributed by atoms with Crippen molar-refractivity contribution in [1.29, 1.82) is 0 Å². The number of piperidine rings is 1. The molecule has 0 atom stereocenters. The minimum absolute atomic E-state index is 0.101. The number of halogens is 1. The van der Waals surface area contributed by atoms with Crippen molar-refractivity contribution in [3.05, 3.63) is 74.6 Å². The van der Waals surface area contributed by atoms with E-state index >= 15 is 0 Å². The second-order valence-corrected chi connectivity index (χ2v) is 10.5. The zero-order valence-corrected chi connectivity index (χ0v) is 19.5. The number of aryl methyl sites for hydroxylation is 1. The fourth-order valence-electron chi connectivity index (χ4n) is 5.51. The number of amides is 1. The van der Waals surface area contributed by atoms with Gasteiger partial charge in [0, 0.05) is 18.1 Å². The number of amidine groups is 1. The van der Waals surface area contributed by atoms with Gasteiger partial charge in [0.25, 0.3) is 5.91 Å². The molecule has 1 fully saturated rings. The lowest BCUT2D eigenvalue weighted by Crippen LogP contribution is -2.44. The van der Waals surface area contributed by atoms with Crippen LogP contribution in [0.4, 0.5) is 0 Å². The number of ether oxygens (including phenoxy) is 1. The summed E-state index contributed by atoms with van der Waals surface area (Å²) in [5, 5.41) is 1.56. The molecule has 0 aromatic heterocycles. The number of benzene rings is 2. The van der Waals surface area contributed by atoms with Gasteiger partial charge in [-0.3, -0.25) is 4.79 Å². The molecule has 4 aliphatic rings. The molecule has 0 radical (unpaired) electrons. The number of hydrogen-bond acceptors (Lipinski definition) is 4. The van der Waals surface area contributed by atoms with Crippen LogP contribution >= 0.6 is 23.4 Å². The van der Waals surface area contributed by atoms with E-state index in [4.69, 9.17) is 16.3 Å². The number of fused-ring (bicyclic) bond motifs is 3. The molecule has 1 spiro atoms. The third kappa shape index (κ3) is 3.42. The van der Waals surface area contributed by atoms with Crippen LogP contribution in [0, 0.1) is 0 Å². The van der Waals surface area contributed by atoms with Gasteiger partial charge in [0.2, 0.25) is 0 Å². The number of nitrogens with zero attached hydrogens (tertiary/aromatic N) is 2. The topological polar surface area (TPSA) is 41.9 Å². The summed E-state index contributed by atoms with van der Waals surface area (Å²) in [4.78, 5) is 20.5. The molecule has 0 saturated carbocycles. The Morgan fingerprint density at radius 2 is 1.84 bits per heavy atom. The van der Waals surface area contributed by atoms with E-state index in [1.807, 2.05) is 12.1 Å². The second kappa shape index (κ2) is 8.05. The first-order valence-electron chi connectivity index (χ1n) is 11.4. The van der Waals surface area contributed by atoms with Gasteiger partial charge in [0.05, 0.1) is 17.1 Å². The van der Waals surface area contributed by atoms with Gasteiger partial charge in [-0.15, -0.1) is 0 Å². The predicted octanol–water partition coefficient (Wildman–Crippen LogP) is 5.93. The lowest BCUT2D eigenvalue weighted by Gasteiger charge is -2.39. The molecular weight excluding hydrogens is 440 g/mol. The smallest absolute Gasteiger partial charge is 0.286 e. The van der Waals surface area contributed by atoms with Crippen molar-refractivity contribution in [2.24, 2.45) is 4.99 Å². The number of carbonyl (C=O) groups is 1. The van der Waals surface area contributed by atoms with Crippen LogP contribution in [0.1, 0.15) is 54.4 Å². The maximum Gasteiger partial charge on any atom is 0.286 e. The quantitative estimate of drug-likeness (QED) is 0.358. The van der Waals surface area contributed by atoms with Crippen LogP contribution in [0.15, 0.2) is 52.4 Å². The monoisotopic (exact) mass is 464 g/mol. The average molecular weight is 465 g/mol. The fourth-order valence-corrected chi connectivity index (χ4v) is 6.78. The summed E-state index contributed by atoms with van der Waals surface area (Å²) >= 11 is 7.87. The number of carbonyl (C=O) groups excluding carboxylic acids is 1. The van der Waals surface area contributed by atoms with Crippen molar-refractivity contribution in [3.63, 3.8) is 0 Å². The first-order valence-corrected chi connectivity index (χ1v) is 12.6. The minimum atomic E-state index is -0.181. The van der Waals surface area contributed by atoms with Gasteiger partial charge in [-0.2, -0.15) is 4.99 Å². The maximum atomic E-state index is 13.0. The SMILES string of the molecule is O=C1N=C(N2CCC3(CC2)OCc2ccccc23)SC1=C1CCCCc2ccc(Cl)cc21. The summed E-state index contributed by atoms with van der Waals surface area (Å²) in [6, 6.07) is 14.6. The molecule has 164 valence electrons. The van der Waals surface area contributed by atoms with E-state index in [2.05, 4.69) is 40.2 Å². The Morgan fingerprint density at radius 1 is 1.03 bits per heavy atom. The van der Waals surface area contributed by atoms with Crippen LogP contribution in [0.25, 0.3) is 5.57 Å². The average Bonchev–Trinajstić information content (AvgIpc) is 3.29. The summed E-state index contributed by atoms with van der Waals surface area (Å²) in [6.07, 6.45) is 5.98. The van der Waals surface area contributed by atoms with E-state index in [9.17, 15) is 4.79 Å². The molecule has 6 heteroatoms. The van der Waals surface area contributed by atoms with Gasteiger partial charge in [0.1, 0.15) is 0 Å². The molecule has 2 aromatic rings. The van der Waals surface area contributed by atoms with Gasteiger partial charge >= 0.3 is 0 Å². The summed E-state index contributed by atoms with van der Waals surface area (Å²) in [7, 11) is 0. The van der Waals surface area contributed by atoms with Gasteiger partial charge < -0.3 is 9.64 Å². The van der Waals surface area contributed by atoms with Crippen molar-refractivity contribution >= 4 is 40.0 Å². The molecule has 1 aliphatic carbocycles. The van der Waals surface area contributed by atoms with E-state index in [1.54, 1.807) is 11.8 Å². The standard InChI is InChI=1S/C26H25ClN2O2S/c27-19-10-9-17-5-1-3-7-20(21(17)15-19)23-24(30)28-25(32-23)29-13-11-26(12-14-29)22-8-4-2-6-18(22)16-31-26/h2,4,6,8-10,15H,1,3,5,7,11-14,16H2. The van der Waals surface area contributed by atoms with Crippen LogP contribution in [-0.2, 0) is 28.2 Å². The van der Waals surface area contributed by atoms with Crippen molar-refractivity contribution in [3.8, 4) is 0 Å². The lowest BCUT2D eigenvalue weighted by molar-refractivity contribution is -0.113. The Balaban J connectivity index is 1.24. The summed E-state index contributed by atoms with van der Waals surface area (Å²) < 4.78 is 6.30. The molecule has 32 heavy (non-hydrogen) atoms. The van der Waals surface area contributed by atoms with E-state index in [0.717, 1.165) is 77.8 Å². The predicted molar refractivity (Wildman–Crippen MR) is 130 cm³/mol. The number of aliphatic imine (C=N–C) groups is 1. The highest BCUT2D eigenvalue weighted by molar-refractivity contribution is 8.18. The lowest BCUT2D eigenvalue weighted by atomic mass is 9.84. The van der Waals surface area contributed by atoms with Crippen LogP contribution < -0.4 is 0 Å². The highest BCUT2D eigenvalue weighted by Crippen LogP contribution is 2.46. The Bertz CT molecular complexity index is 1160. The van der Waals surface area contributed by atoms with Crippen molar-refractivity contribution in [2.75, 3.05) is 13.1 Å². The molecule has 0 unspecified atom stereocenters. The first-order chi connectivity index (χ1) is 15.6. The van der Waals surface area contributed by atoms with Crippen molar-refractivity contribution < 1.29 is 9.53 Å². The summed E-state index contributed by atoms with van der Waals surface area (Å²) in [6.45, 7) is 2.39. The zero-order chi connectivity index (χ0) is 21.7. The zero-order valence-electron chi connectivity index (χ0n) is 17.9. The highest BCUT2D eigenvalue weighted by Gasteiger charge is 2.43. The van der Waals surface area contributed by atoms with Gasteiger partial charge in [-0.05, 0) is 90.2 Å². The number of likely N-dealkylation sites (tertiary alicyclic amines) is 1. The molecule has 3 heterocycles. The Kier molecular flexibility index (Phi) is 5.16. The van der Waals surface area contributed by atoms with E-state index in [0.29, 0.717) is 6.61 Å². The van der Waals surface area contributed by atoms with E-state index in [1.165, 1.54) is 16.7 Å². The molecule has 1 amide bonds. The normalized spacial score (nSPS) is 24.3. The molecule has 6 rings (SSSR count). The largest absolute Gasteiger partial charge is 0.365 e. The third-order valence-corrected chi connectivity index (χ3v) is 8.62.